The van der Waals surface area contributed by atoms with Gasteiger partial charge in [0, 0.05) is 26.2 Å². The number of benzene rings is 1. The second-order valence-electron chi connectivity index (χ2n) is 6.19. The van der Waals surface area contributed by atoms with Crippen LogP contribution in [0.25, 0.3) is 0 Å². The van der Waals surface area contributed by atoms with Gasteiger partial charge in [-0.25, -0.2) is 4.79 Å². The van der Waals surface area contributed by atoms with Crippen molar-refractivity contribution in [1.82, 2.24) is 10.2 Å². The predicted molar refractivity (Wildman–Crippen MR) is 95.8 cm³/mol. The molecule has 138 valence electrons. The zero-order valence-corrected chi connectivity index (χ0v) is 15.1. The van der Waals surface area contributed by atoms with Crippen LogP contribution in [0.15, 0.2) is 24.3 Å². The van der Waals surface area contributed by atoms with E-state index >= 15 is 0 Å². The molecule has 1 aromatic carbocycles. The number of likely N-dealkylation sites (tertiary alicyclic amines) is 1. The van der Waals surface area contributed by atoms with Crippen molar-refractivity contribution in [2.24, 2.45) is 5.92 Å². The molecule has 2 atom stereocenters. The number of carbonyl (C=O) groups is 2. The lowest BCUT2D eigenvalue weighted by atomic mass is 9.93. The van der Waals surface area contributed by atoms with E-state index in [0.717, 1.165) is 12.8 Å². The van der Waals surface area contributed by atoms with Crippen molar-refractivity contribution in [3.05, 3.63) is 24.3 Å². The standard InChI is InChI=1S/C18H27N3O4/c1-13-8-9-14(17(22)19-10-11-24-2)12-21(13)18(23)20-15-6-4-5-7-16(15)25-3/h4-7,13-14H,8-12H2,1-3H3,(H,19,22)(H,20,23)/t13-,14-/m1/s1. The molecule has 2 rings (SSSR count). The van der Waals surface area contributed by atoms with E-state index in [4.69, 9.17) is 9.47 Å². The van der Waals surface area contributed by atoms with E-state index in [1.807, 2.05) is 19.1 Å². The average molecular weight is 349 g/mol. The van der Waals surface area contributed by atoms with Gasteiger partial charge >= 0.3 is 6.03 Å². The largest absolute Gasteiger partial charge is 0.495 e. The maximum absolute atomic E-state index is 12.7. The topological polar surface area (TPSA) is 79.9 Å². The van der Waals surface area contributed by atoms with Gasteiger partial charge in [0.15, 0.2) is 0 Å². The number of para-hydroxylation sites is 2. The lowest BCUT2D eigenvalue weighted by molar-refractivity contribution is -0.126. The van der Waals surface area contributed by atoms with Gasteiger partial charge in [-0.1, -0.05) is 12.1 Å². The van der Waals surface area contributed by atoms with E-state index in [0.29, 0.717) is 31.1 Å². The molecule has 1 aromatic rings. The van der Waals surface area contributed by atoms with Crippen LogP contribution in [0.5, 0.6) is 5.75 Å². The molecule has 2 N–H and O–H groups in total. The summed E-state index contributed by atoms with van der Waals surface area (Å²) in [4.78, 5) is 26.7. The Morgan fingerprint density at radius 3 is 2.72 bits per heavy atom. The van der Waals surface area contributed by atoms with Crippen molar-refractivity contribution in [2.75, 3.05) is 39.2 Å². The summed E-state index contributed by atoms with van der Waals surface area (Å²) in [5.74, 6) is 0.380. The van der Waals surface area contributed by atoms with Crippen molar-refractivity contribution < 1.29 is 19.1 Å². The number of ether oxygens (including phenoxy) is 2. The van der Waals surface area contributed by atoms with Crippen molar-refractivity contribution in [3.63, 3.8) is 0 Å². The summed E-state index contributed by atoms with van der Waals surface area (Å²) < 4.78 is 10.2. The number of methoxy groups -OCH3 is 2. The van der Waals surface area contributed by atoms with E-state index in [1.165, 1.54) is 0 Å². The van der Waals surface area contributed by atoms with E-state index in [1.54, 1.807) is 31.3 Å². The molecule has 1 heterocycles. The van der Waals surface area contributed by atoms with Gasteiger partial charge in [-0.2, -0.15) is 0 Å². The minimum Gasteiger partial charge on any atom is -0.495 e. The number of nitrogens with zero attached hydrogens (tertiary/aromatic N) is 1. The number of anilines is 1. The van der Waals surface area contributed by atoms with Crippen LogP contribution in [-0.4, -0.2) is 56.8 Å². The number of rotatable bonds is 6. The first kappa shape index (κ1) is 19.1. The Bertz CT molecular complexity index is 593. The molecule has 0 radical (unpaired) electrons. The second-order valence-corrected chi connectivity index (χ2v) is 6.19. The second kappa shape index (κ2) is 9.27. The van der Waals surface area contributed by atoms with Gasteiger partial charge in [0.25, 0.3) is 0 Å². The molecule has 25 heavy (non-hydrogen) atoms. The highest BCUT2D eigenvalue weighted by molar-refractivity contribution is 5.91. The third kappa shape index (κ3) is 5.09. The van der Waals surface area contributed by atoms with E-state index in [2.05, 4.69) is 10.6 Å². The monoisotopic (exact) mass is 349 g/mol. The lowest BCUT2D eigenvalue weighted by Gasteiger charge is -2.37. The van der Waals surface area contributed by atoms with Crippen LogP contribution in [0.1, 0.15) is 19.8 Å². The van der Waals surface area contributed by atoms with Crippen LogP contribution in [0.2, 0.25) is 0 Å². The summed E-state index contributed by atoms with van der Waals surface area (Å²) in [6.07, 6.45) is 1.57. The van der Waals surface area contributed by atoms with Crippen molar-refractivity contribution in [3.8, 4) is 5.75 Å². The fourth-order valence-electron chi connectivity index (χ4n) is 2.96. The fraction of sp³-hybridized carbons (Fsp3) is 0.556. The number of hydrogen-bond donors (Lipinski definition) is 2. The first-order chi connectivity index (χ1) is 12.1. The molecule has 0 bridgehead atoms. The number of hydrogen-bond acceptors (Lipinski definition) is 4. The predicted octanol–water partition coefficient (Wildman–Crippen LogP) is 2.09. The Hall–Kier alpha value is -2.28. The lowest BCUT2D eigenvalue weighted by Crippen LogP contribution is -2.51. The smallest absolute Gasteiger partial charge is 0.322 e. The zero-order chi connectivity index (χ0) is 18.2. The molecule has 0 unspecified atom stereocenters. The van der Waals surface area contributed by atoms with Crippen LogP contribution < -0.4 is 15.4 Å². The minimum atomic E-state index is -0.216. The van der Waals surface area contributed by atoms with Crippen LogP contribution >= 0.6 is 0 Å². The Morgan fingerprint density at radius 1 is 1.24 bits per heavy atom. The summed E-state index contributed by atoms with van der Waals surface area (Å²) in [5.41, 5.74) is 0.619. The van der Waals surface area contributed by atoms with Gasteiger partial charge in [-0.3, -0.25) is 4.79 Å². The van der Waals surface area contributed by atoms with Gasteiger partial charge in [0.05, 0.1) is 25.3 Å². The summed E-state index contributed by atoms with van der Waals surface area (Å²) in [6, 6.07) is 7.13. The number of amides is 3. The van der Waals surface area contributed by atoms with Crippen LogP contribution in [0.3, 0.4) is 0 Å². The maximum Gasteiger partial charge on any atom is 0.322 e. The Morgan fingerprint density at radius 2 is 2.00 bits per heavy atom. The number of urea groups is 1. The molecule has 0 saturated carbocycles. The molecular formula is C18H27N3O4. The summed E-state index contributed by atoms with van der Waals surface area (Å²) in [7, 11) is 3.16. The SMILES string of the molecule is COCCNC(=O)[C@@H]1CC[C@@H](C)N(C(=O)Nc2ccccc2OC)C1. The Balaban J connectivity index is 1.98. The molecular weight excluding hydrogens is 322 g/mol. The third-order valence-electron chi connectivity index (χ3n) is 4.47. The highest BCUT2D eigenvalue weighted by Crippen LogP contribution is 2.26. The van der Waals surface area contributed by atoms with E-state index < -0.39 is 0 Å². The molecule has 3 amide bonds. The first-order valence-electron chi connectivity index (χ1n) is 8.54. The zero-order valence-electron chi connectivity index (χ0n) is 15.1. The van der Waals surface area contributed by atoms with Crippen LogP contribution in [0, 0.1) is 5.92 Å². The number of nitrogens with one attached hydrogen (secondary N) is 2. The van der Waals surface area contributed by atoms with Gasteiger partial charge in [-0.15, -0.1) is 0 Å². The summed E-state index contributed by atoms with van der Waals surface area (Å²) >= 11 is 0. The molecule has 0 spiro atoms. The highest BCUT2D eigenvalue weighted by Gasteiger charge is 2.32. The van der Waals surface area contributed by atoms with E-state index in [9.17, 15) is 9.59 Å². The summed E-state index contributed by atoms with van der Waals surface area (Å²) in [6.45, 7) is 3.36. The molecule has 7 nitrogen and oxygen atoms in total. The minimum absolute atomic E-state index is 0.0287. The molecule has 0 aliphatic carbocycles. The summed E-state index contributed by atoms with van der Waals surface area (Å²) in [5, 5.41) is 5.74. The molecule has 1 aliphatic heterocycles. The molecule has 1 saturated heterocycles. The van der Waals surface area contributed by atoms with Crippen molar-refractivity contribution >= 4 is 17.6 Å². The molecule has 0 aromatic heterocycles. The quantitative estimate of drug-likeness (QED) is 0.771. The van der Waals surface area contributed by atoms with Crippen molar-refractivity contribution in [2.45, 2.75) is 25.8 Å². The van der Waals surface area contributed by atoms with Crippen LogP contribution in [-0.2, 0) is 9.53 Å². The van der Waals surface area contributed by atoms with Gasteiger partial charge in [0.1, 0.15) is 5.75 Å². The Kier molecular flexibility index (Phi) is 7.06. The average Bonchev–Trinajstić information content (AvgIpc) is 2.62. The van der Waals surface area contributed by atoms with Gasteiger partial charge in [-0.05, 0) is 31.9 Å². The maximum atomic E-state index is 12.7. The van der Waals surface area contributed by atoms with E-state index in [-0.39, 0.29) is 23.9 Å². The number of carbonyl (C=O) groups excluding carboxylic acids is 2. The van der Waals surface area contributed by atoms with Gasteiger partial charge < -0.3 is 25.0 Å². The van der Waals surface area contributed by atoms with Crippen molar-refractivity contribution in [1.29, 1.82) is 0 Å². The first-order valence-corrected chi connectivity index (χ1v) is 8.54. The molecule has 1 aliphatic rings. The van der Waals surface area contributed by atoms with Gasteiger partial charge in [0.2, 0.25) is 5.91 Å². The Labute approximate surface area is 148 Å². The third-order valence-corrected chi connectivity index (χ3v) is 4.47. The number of piperidine rings is 1. The van der Waals surface area contributed by atoms with Crippen LogP contribution in [0.4, 0.5) is 10.5 Å². The fourth-order valence-corrected chi connectivity index (χ4v) is 2.96. The molecule has 1 fully saturated rings. The normalized spacial score (nSPS) is 20.0. The highest BCUT2D eigenvalue weighted by atomic mass is 16.5. The molecule has 7 heteroatoms.